The van der Waals surface area contributed by atoms with E-state index >= 15 is 13.2 Å². The first-order valence-electron chi connectivity index (χ1n) is 17.0. The number of aromatic nitrogens is 3. The molecule has 1 fully saturated rings. The van der Waals surface area contributed by atoms with Crippen molar-refractivity contribution < 1.29 is 32.2 Å². The lowest BCUT2D eigenvalue weighted by atomic mass is 9.90. The number of imide groups is 1. The molecule has 11 nitrogen and oxygen atoms in total. The zero-order valence-corrected chi connectivity index (χ0v) is 30.1. The average Bonchev–Trinajstić information content (AvgIpc) is 3.37. The van der Waals surface area contributed by atoms with E-state index in [0.717, 1.165) is 11.1 Å². The molecule has 1 unspecified atom stereocenters. The molecule has 2 aliphatic rings. The fraction of sp³-hybridized carbons (Fsp3) is 0.333. The second-order valence-electron chi connectivity index (χ2n) is 13.8. The van der Waals surface area contributed by atoms with E-state index in [4.69, 9.17) is 9.47 Å². The number of para-hydroxylation sites is 1. The van der Waals surface area contributed by atoms with Gasteiger partial charge in [-0.3, -0.25) is 33.7 Å². The van der Waals surface area contributed by atoms with Crippen molar-refractivity contribution in [3.8, 4) is 33.8 Å². The zero-order chi connectivity index (χ0) is 38.1. The van der Waals surface area contributed by atoms with Crippen LogP contribution in [0.2, 0.25) is 0 Å². The molecule has 0 radical (unpaired) electrons. The zero-order valence-electron chi connectivity index (χ0n) is 30.1. The number of carbonyl (C=O) groups is 2. The van der Waals surface area contributed by atoms with E-state index < -0.39 is 47.4 Å². The van der Waals surface area contributed by atoms with Crippen LogP contribution in [-0.4, -0.2) is 51.2 Å². The van der Waals surface area contributed by atoms with Crippen molar-refractivity contribution in [3.63, 3.8) is 0 Å². The fourth-order valence-electron chi connectivity index (χ4n) is 7.72. The van der Waals surface area contributed by atoms with Gasteiger partial charge in [0.05, 0.1) is 37.4 Å². The molecule has 0 spiro atoms. The van der Waals surface area contributed by atoms with Crippen LogP contribution in [0.1, 0.15) is 46.7 Å². The lowest BCUT2D eigenvalue weighted by molar-refractivity contribution is -0.135. The number of methoxy groups -OCH3 is 2. The van der Waals surface area contributed by atoms with Crippen LogP contribution in [0.4, 0.5) is 13.2 Å². The summed E-state index contributed by atoms with van der Waals surface area (Å²) in [6.45, 7) is 2.72. The molecule has 276 valence electrons. The number of aryl methyl sites for hydroxylation is 2. The predicted molar refractivity (Wildman–Crippen MR) is 192 cm³/mol. The van der Waals surface area contributed by atoms with Crippen molar-refractivity contribution >= 4 is 22.8 Å². The Balaban J connectivity index is 1.25. The second kappa shape index (κ2) is 13.1. The number of fused-ring (bicyclic) bond motifs is 2. The smallest absolute Gasteiger partial charge is 0.329 e. The summed E-state index contributed by atoms with van der Waals surface area (Å²) in [7, 11) is 6.10. The van der Waals surface area contributed by atoms with Crippen LogP contribution in [0, 0.1) is 19.7 Å². The average molecular weight is 730 g/mol. The molecule has 0 bridgehead atoms. The van der Waals surface area contributed by atoms with Gasteiger partial charge in [0, 0.05) is 67.6 Å². The minimum Gasteiger partial charge on any atom is -0.496 e. The maximum Gasteiger partial charge on any atom is 0.329 e. The molecule has 2 amide bonds. The number of amides is 2. The van der Waals surface area contributed by atoms with Crippen LogP contribution in [0.25, 0.3) is 33.3 Å². The molecule has 0 saturated carbocycles. The highest BCUT2D eigenvalue weighted by atomic mass is 19.3. The summed E-state index contributed by atoms with van der Waals surface area (Å²) < 4.78 is 64.0. The Labute approximate surface area is 302 Å². The van der Waals surface area contributed by atoms with Gasteiger partial charge >= 0.3 is 5.69 Å². The van der Waals surface area contributed by atoms with E-state index in [9.17, 15) is 19.2 Å². The second-order valence-corrected chi connectivity index (χ2v) is 13.8. The van der Waals surface area contributed by atoms with Gasteiger partial charge in [-0.05, 0) is 67.3 Å². The molecular formula is C39H38F3N5O6. The number of halogens is 3. The normalized spacial score (nSPS) is 17.2. The van der Waals surface area contributed by atoms with Gasteiger partial charge in [0.2, 0.25) is 11.8 Å². The summed E-state index contributed by atoms with van der Waals surface area (Å²) in [5.41, 5.74) is 3.33. The first kappa shape index (κ1) is 35.8. The number of ether oxygens (including phenoxy) is 2. The van der Waals surface area contributed by atoms with Gasteiger partial charge in [-0.25, -0.2) is 9.18 Å². The van der Waals surface area contributed by atoms with Crippen LogP contribution in [0.3, 0.4) is 0 Å². The van der Waals surface area contributed by atoms with Crippen molar-refractivity contribution in [2.75, 3.05) is 20.8 Å². The Morgan fingerprint density at radius 1 is 0.925 bits per heavy atom. The Bertz CT molecular complexity index is 2460. The summed E-state index contributed by atoms with van der Waals surface area (Å²) in [4.78, 5) is 51.9. The van der Waals surface area contributed by atoms with E-state index in [2.05, 4.69) is 5.32 Å². The standard InChI is InChI=1S/C39H38F3N5O6/c1-20-21(2)37(50)44(3)16-25(20)23-14-32(52-5)27(33(15-23)53-6)18-46-17-26-28(39(41,42)19-46)12-22(13-29(26)40)24-8-7-9-30-35(24)45(4)38(51)47(30)31-10-11-34(48)43-36(31)49/h7-9,12-16,31H,10-11,17-19H2,1-6H3,(H,43,48,49). The Kier molecular flexibility index (Phi) is 8.84. The van der Waals surface area contributed by atoms with E-state index in [-0.39, 0.29) is 42.6 Å². The number of nitrogens with one attached hydrogen (secondary N) is 1. The van der Waals surface area contributed by atoms with Crippen molar-refractivity contribution in [1.29, 1.82) is 0 Å². The highest BCUT2D eigenvalue weighted by molar-refractivity contribution is 6.01. The molecule has 2 aromatic heterocycles. The number of piperidine rings is 1. The number of benzene rings is 3. The maximum absolute atomic E-state index is 16.2. The van der Waals surface area contributed by atoms with Gasteiger partial charge in [0.15, 0.2) is 0 Å². The summed E-state index contributed by atoms with van der Waals surface area (Å²) >= 11 is 0. The summed E-state index contributed by atoms with van der Waals surface area (Å²) in [5.74, 6) is -4.55. The highest BCUT2D eigenvalue weighted by Gasteiger charge is 2.42. The number of rotatable bonds is 7. The first-order chi connectivity index (χ1) is 25.1. The van der Waals surface area contributed by atoms with Crippen LogP contribution in [0.15, 0.2) is 58.3 Å². The van der Waals surface area contributed by atoms with Crippen molar-refractivity contribution in [3.05, 3.63) is 103 Å². The van der Waals surface area contributed by atoms with Gasteiger partial charge in [-0.2, -0.15) is 8.78 Å². The number of hydrogen-bond acceptors (Lipinski definition) is 7. The maximum atomic E-state index is 16.2. The molecule has 5 aromatic rings. The molecule has 1 atom stereocenters. The molecule has 3 aromatic carbocycles. The lowest BCUT2D eigenvalue weighted by Crippen LogP contribution is -2.44. The Morgan fingerprint density at radius 3 is 2.26 bits per heavy atom. The first-order valence-corrected chi connectivity index (χ1v) is 17.0. The fourth-order valence-corrected chi connectivity index (χ4v) is 7.72. The Hall–Kier alpha value is -5.63. The number of carbonyl (C=O) groups excluding carboxylic acids is 2. The Morgan fingerprint density at radius 2 is 1.60 bits per heavy atom. The van der Waals surface area contributed by atoms with Crippen molar-refractivity contribution in [2.24, 2.45) is 14.1 Å². The summed E-state index contributed by atoms with van der Waals surface area (Å²) in [5, 5.41) is 2.27. The molecule has 1 saturated heterocycles. The number of imidazole rings is 1. The molecular weight excluding hydrogens is 691 g/mol. The van der Waals surface area contributed by atoms with Crippen molar-refractivity contribution in [2.45, 2.75) is 51.7 Å². The lowest BCUT2D eigenvalue weighted by Gasteiger charge is -2.35. The number of pyridine rings is 1. The summed E-state index contributed by atoms with van der Waals surface area (Å²) in [6.07, 6.45) is 1.91. The molecule has 1 N–H and O–H groups in total. The minimum absolute atomic E-state index is 0.0383. The molecule has 2 aliphatic heterocycles. The molecule has 7 rings (SSSR count). The van der Waals surface area contributed by atoms with E-state index in [1.165, 1.54) is 52.0 Å². The molecule has 14 heteroatoms. The van der Waals surface area contributed by atoms with E-state index in [1.54, 1.807) is 50.5 Å². The third kappa shape index (κ3) is 5.90. The van der Waals surface area contributed by atoms with Crippen LogP contribution < -0.4 is 26.0 Å². The van der Waals surface area contributed by atoms with Crippen LogP contribution in [0.5, 0.6) is 11.5 Å². The SMILES string of the molecule is COc1cc(-c2cn(C)c(=O)c(C)c2C)cc(OC)c1CN1Cc2c(F)cc(-c3cccc4c3n(C)c(=O)n4C3CCC(=O)NC3=O)cc2C(F)(F)C1. The quantitative estimate of drug-likeness (QED) is 0.228. The van der Waals surface area contributed by atoms with Gasteiger partial charge in [0.25, 0.3) is 11.5 Å². The van der Waals surface area contributed by atoms with Gasteiger partial charge < -0.3 is 14.0 Å². The van der Waals surface area contributed by atoms with Crippen LogP contribution in [-0.2, 0) is 42.7 Å². The number of hydrogen-bond donors (Lipinski definition) is 1. The predicted octanol–water partition coefficient (Wildman–Crippen LogP) is 5.23. The highest BCUT2D eigenvalue weighted by Crippen LogP contribution is 2.44. The van der Waals surface area contributed by atoms with Gasteiger partial charge in [-0.15, -0.1) is 0 Å². The van der Waals surface area contributed by atoms with E-state index in [0.29, 0.717) is 44.8 Å². The van der Waals surface area contributed by atoms with Crippen LogP contribution >= 0.6 is 0 Å². The minimum atomic E-state index is -3.47. The van der Waals surface area contributed by atoms with Gasteiger partial charge in [0.1, 0.15) is 23.4 Å². The monoisotopic (exact) mass is 729 g/mol. The number of alkyl halides is 2. The topological polar surface area (TPSA) is 117 Å². The molecule has 53 heavy (non-hydrogen) atoms. The third-order valence-corrected chi connectivity index (χ3v) is 10.6. The largest absolute Gasteiger partial charge is 0.496 e. The van der Waals surface area contributed by atoms with Crippen molar-refractivity contribution in [1.82, 2.24) is 23.9 Å². The molecule has 0 aliphatic carbocycles. The third-order valence-electron chi connectivity index (χ3n) is 10.6. The van der Waals surface area contributed by atoms with Gasteiger partial charge in [-0.1, -0.05) is 12.1 Å². The molecule has 4 heterocycles. The van der Waals surface area contributed by atoms with E-state index in [1.807, 2.05) is 6.92 Å². The summed E-state index contributed by atoms with van der Waals surface area (Å²) in [6, 6.07) is 9.92. The number of nitrogens with zero attached hydrogens (tertiary/aromatic N) is 4.